The molecule has 0 amide bonds. The van der Waals surface area contributed by atoms with Crippen LogP contribution in [0.1, 0.15) is 48.0 Å². The molecule has 2 bridgehead atoms. The maximum absolute atomic E-state index is 13.5. The Labute approximate surface area is 206 Å². The summed E-state index contributed by atoms with van der Waals surface area (Å²) in [6.07, 6.45) is -0.364. The molecule has 3 N–H and O–H groups in total. The van der Waals surface area contributed by atoms with Crippen LogP contribution in [0.4, 0.5) is 0 Å². The van der Waals surface area contributed by atoms with Gasteiger partial charge in [-0.15, -0.1) is 0 Å². The molecule has 8 rings (SSSR count). The quantitative estimate of drug-likeness (QED) is 0.349. The number of fused-ring (bicyclic) bond motifs is 13. The van der Waals surface area contributed by atoms with Crippen molar-refractivity contribution in [2.45, 2.75) is 43.9 Å². The molecule has 0 saturated carbocycles. The molecule has 4 heterocycles. The van der Waals surface area contributed by atoms with Gasteiger partial charge in [-0.25, -0.2) is 0 Å². The van der Waals surface area contributed by atoms with Crippen molar-refractivity contribution in [2.75, 3.05) is 13.7 Å². The highest BCUT2D eigenvalue weighted by Crippen LogP contribution is 2.56. The van der Waals surface area contributed by atoms with Crippen molar-refractivity contribution < 1.29 is 19.7 Å². The Hall–Kier alpha value is -3.23. The minimum atomic E-state index is -0.860. The number of ketones is 1. The van der Waals surface area contributed by atoms with Gasteiger partial charge in [0.05, 0.1) is 34.8 Å². The van der Waals surface area contributed by atoms with Crippen LogP contribution in [0.15, 0.2) is 48.5 Å². The summed E-state index contributed by atoms with van der Waals surface area (Å²) < 4.78 is 11.5. The number of ether oxygens (including phenoxy) is 1. The number of carbonyl (C=O) groups excluding carboxylic acids is 1. The van der Waals surface area contributed by atoms with E-state index in [1.807, 2.05) is 31.3 Å². The van der Waals surface area contributed by atoms with E-state index in [0.717, 1.165) is 49.2 Å². The number of hydrogen-bond acceptors (Lipinski definition) is 5. The third-order valence-electron chi connectivity index (χ3n) is 9.09. The molecule has 1 fully saturated rings. The summed E-state index contributed by atoms with van der Waals surface area (Å²) in [5.74, 6) is -0.219. The van der Waals surface area contributed by atoms with Crippen LogP contribution < -0.4 is 5.32 Å². The smallest absolute Gasteiger partial charge is 0.166 e. The van der Waals surface area contributed by atoms with E-state index in [4.69, 9.17) is 4.74 Å². The fourth-order valence-electron chi connectivity index (χ4n) is 7.67. The molecule has 5 atom stereocenters. The summed E-state index contributed by atoms with van der Waals surface area (Å²) in [4.78, 5) is 13.5. The lowest BCUT2D eigenvalue weighted by Gasteiger charge is -2.48. The van der Waals surface area contributed by atoms with E-state index in [9.17, 15) is 15.0 Å². The van der Waals surface area contributed by atoms with Crippen LogP contribution >= 0.6 is 0 Å². The van der Waals surface area contributed by atoms with Crippen LogP contribution in [0.3, 0.4) is 0 Å². The van der Waals surface area contributed by atoms with Gasteiger partial charge in [0.1, 0.15) is 6.23 Å². The fourth-order valence-corrected chi connectivity index (χ4v) is 7.67. The first kappa shape index (κ1) is 20.9. The molecule has 1 saturated heterocycles. The molecule has 7 nitrogen and oxygen atoms in total. The molecule has 2 aromatic heterocycles. The van der Waals surface area contributed by atoms with Gasteiger partial charge < -0.3 is 29.4 Å². The minimum absolute atomic E-state index is 0.0135. The minimum Gasteiger partial charge on any atom is -0.396 e. The first-order chi connectivity index (χ1) is 17.5. The molecule has 7 heteroatoms. The largest absolute Gasteiger partial charge is 0.396 e. The van der Waals surface area contributed by atoms with E-state index in [2.05, 4.69) is 45.6 Å². The van der Waals surface area contributed by atoms with Crippen molar-refractivity contribution in [3.8, 4) is 0 Å². The third kappa shape index (κ3) is 2.18. The van der Waals surface area contributed by atoms with E-state index >= 15 is 0 Å². The number of benzene rings is 3. The Bertz CT molecular complexity index is 1780. The Morgan fingerprint density at radius 1 is 1.06 bits per heavy atom. The molecule has 5 aromatic rings. The zero-order chi connectivity index (χ0) is 24.5. The third-order valence-corrected chi connectivity index (χ3v) is 9.09. The number of rotatable bonds is 2. The predicted molar refractivity (Wildman–Crippen MR) is 138 cm³/mol. The van der Waals surface area contributed by atoms with Crippen LogP contribution in [0.5, 0.6) is 0 Å². The average Bonchev–Trinajstić information content (AvgIpc) is 3.48. The summed E-state index contributed by atoms with van der Waals surface area (Å²) in [5, 5.41) is 29.2. The molecule has 0 spiro atoms. The van der Waals surface area contributed by atoms with Gasteiger partial charge in [-0.2, -0.15) is 0 Å². The Balaban J connectivity index is 1.73. The lowest BCUT2D eigenvalue weighted by atomic mass is 9.84. The zero-order valence-corrected chi connectivity index (χ0v) is 20.2. The monoisotopic (exact) mass is 481 g/mol. The van der Waals surface area contributed by atoms with Gasteiger partial charge in [-0.05, 0) is 26.1 Å². The molecule has 182 valence electrons. The van der Waals surface area contributed by atoms with E-state index < -0.39 is 11.8 Å². The molecule has 0 unspecified atom stereocenters. The number of carbonyl (C=O) groups is 1. The SMILES string of the molecule is CN[C@@H]1C[C@H]2O[C@@](C)([C@@H]1CO)n1c3ccccc3c3c4c(c5c6ccccc6n2c5c31)C(=O)C[C@H]4O. The second-order valence-electron chi connectivity index (χ2n) is 10.7. The molecule has 2 aliphatic heterocycles. The summed E-state index contributed by atoms with van der Waals surface area (Å²) in [7, 11) is 1.94. The number of nitrogens with zero attached hydrogens (tertiary/aromatic N) is 2. The Kier molecular flexibility index (Phi) is 3.92. The van der Waals surface area contributed by atoms with Crippen molar-refractivity contribution in [3.05, 3.63) is 59.7 Å². The molecule has 0 radical (unpaired) electrons. The highest BCUT2D eigenvalue weighted by molar-refractivity contribution is 6.31. The van der Waals surface area contributed by atoms with Crippen molar-refractivity contribution >= 4 is 49.4 Å². The number of aromatic nitrogens is 2. The van der Waals surface area contributed by atoms with Crippen molar-refractivity contribution in [3.63, 3.8) is 0 Å². The highest BCUT2D eigenvalue weighted by atomic mass is 16.5. The molecular weight excluding hydrogens is 454 g/mol. The van der Waals surface area contributed by atoms with Gasteiger partial charge in [-0.1, -0.05) is 36.4 Å². The van der Waals surface area contributed by atoms with Crippen LogP contribution in [-0.4, -0.2) is 44.8 Å². The van der Waals surface area contributed by atoms with Gasteiger partial charge in [0, 0.05) is 57.5 Å². The predicted octanol–water partition coefficient (Wildman–Crippen LogP) is 4.32. The van der Waals surface area contributed by atoms with Crippen LogP contribution in [-0.2, 0) is 10.5 Å². The van der Waals surface area contributed by atoms with E-state index in [0.29, 0.717) is 12.0 Å². The van der Waals surface area contributed by atoms with E-state index in [1.54, 1.807) is 0 Å². The lowest BCUT2D eigenvalue weighted by Crippen LogP contribution is -2.56. The second kappa shape index (κ2) is 6.75. The maximum Gasteiger partial charge on any atom is 0.166 e. The van der Waals surface area contributed by atoms with Crippen molar-refractivity contribution in [2.24, 2.45) is 5.92 Å². The standard InChI is InChI=1S/C29H27N3O4/c1-29-16(13-33)17(30-2)11-22(36-29)31-18-9-5-3-7-14(18)23-25-20(34)12-21(35)26(25)24-15-8-4-6-10-19(15)32(29)28(24)27(23)31/h3-10,16-17,21-22,30,33,35H,11-13H2,1-2H3/t16-,17-,21-,22-,29+/m1/s1. The molecule has 3 aromatic carbocycles. The first-order valence-corrected chi connectivity index (χ1v) is 12.7. The van der Waals surface area contributed by atoms with E-state index in [1.165, 1.54) is 0 Å². The van der Waals surface area contributed by atoms with E-state index in [-0.39, 0.29) is 37.0 Å². The van der Waals surface area contributed by atoms with Crippen LogP contribution in [0, 0.1) is 5.92 Å². The molecular formula is C29H27N3O4. The topological polar surface area (TPSA) is 88.6 Å². The lowest BCUT2D eigenvalue weighted by molar-refractivity contribution is -0.234. The summed E-state index contributed by atoms with van der Waals surface area (Å²) >= 11 is 0. The van der Waals surface area contributed by atoms with Gasteiger partial charge >= 0.3 is 0 Å². The Morgan fingerprint density at radius 3 is 2.47 bits per heavy atom. The van der Waals surface area contributed by atoms with Crippen LogP contribution in [0.2, 0.25) is 0 Å². The molecule has 36 heavy (non-hydrogen) atoms. The number of Topliss-reactive ketones (excluding diaryl/α,β-unsaturated/α-hetero) is 1. The maximum atomic E-state index is 13.5. The zero-order valence-electron chi connectivity index (χ0n) is 20.2. The van der Waals surface area contributed by atoms with Crippen molar-refractivity contribution in [1.82, 2.24) is 14.5 Å². The summed E-state index contributed by atoms with van der Waals surface area (Å²) in [6.45, 7) is 2.04. The number of para-hydroxylation sites is 2. The molecule has 3 aliphatic rings. The number of aliphatic hydroxyl groups excluding tert-OH is 2. The Morgan fingerprint density at radius 2 is 1.75 bits per heavy atom. The average molecular weight is 482 g/mol. The van der Waals surface area contributed by atoms with Gasteiger partial charge in [0.2, 0.25) is 0 Å². The van der Waals surface area contributed by atoms with Gasteiger partial charge in [-0.3, -0.25) is 4.79 Å². The summed E-state index contributed by atoms with van der Waals surface area (Å²) in [5.41, 5.74) is 4.45. The normalized spacial score (nSPS) is 29.2. The van der Waals surface area contributed by atoms with Crippen LogP contribution in [0.25, 0.3) is 43.6 Å². The fraction of sp³-hybridized carbons (Fsp3) is 0.345. The van der Waals surface area contributed by atoms with Gasteiger partial charge in [0.25, 0.3) is 0 Å². The number of hydrogen-bond donors (Lipinski definition) is 3. The summed E-state index contributed by atoms with van der Waals surface area (Å²) in [6, 6.07) is 16.4. The van der Waals surface area contributed by atoms with Crippen molar-refractivity contribution in [1.29, 1.82) is 0 Å². The second-order valence-corrected chi connectivity index (χ2v) is 10.7. The number of nitrogens with one attached hydrogen (secondary N) is 1. The number of aliphatic hydroxyl groups is 2. The highest BCUT2D eigenvalue weighted by Gasteiger charge is 2.52. The molecule has 1 aliphatic carbocycles. The van der Waals surface area contributed by atoms with Gasteiger partial charge in [0.15, 0.2) is 11.5 Å². The first-order valence-electron chi connectivity index (χ1n) is 12.7.